The average molecular weight is 306 g/mol. The Kier molecular flexibility index (Phi) is 4.68. The molecular formula is C12H22N2O5S. The van der Waals surface area contributed by atoms with Gasteiger partial charge in [0.1, 0.15) is 5.60 Å². The highest BCUT2D eigenvalue weighted by Crippen LogP contribution is 2.24. The molecule has 1 atom stereocenters. The predicted octanol–water partition coefficient (Wildman–Crippen LogP) is -0.714. The van der Waals surface area contributed by atoms with Gasteiger partial charge in [0.25, 0.3) is 0 Å². The zero-order chi connectivity index (χ0) is 14.8. The number of hydrogen-bond acceptors (Lipinski definition) is 5. The Morgan fingerprint density at radius 1 is 1.25 bits per heavy atom. The molecule has 116 valence electrons. The van der Waals surface area contributed by atoms with E-state index < -0.39 is 15.6 Å². The standard InChI is InChI=1S/C12H22N2O5S/c1-3-20(16,17)14-5-7-19-12(9-14)8-13(11(2)15)4-6-18-10-12/h3-10H2,1-2H3/t12-/m0/s1. The second kappa shape index (κ2) is 5.97. The molecule has 2 fully saturated rings. The molecule has 0 radical (unpaired) electrons. The van der Waals surface area contributed by atoms with Crippen LogP contribution in [-0.4, -0.2) is 80.9 Å². The van der Waals surface area contributed by atoms with Crippen LogP contribution < -0.4 is 0 Å². The van der Waals surface area contributed by atoms with Gasteiger partial charge in [-0.05, 0) is 6.92 Å². The first-order chi connectivity index (χ1) is 9.38. The van der Waals surface area contributed by atoms with E-state index in [0.717, 1.165) is 0 Å². The second-order valence-electron chi connectivity index (χ2n) is 5.26. The maximum atomic E-state index is 12.0. The van der Waals surface area contributed by atoms with Gasteiger partial charge in [-0.1, -0.05) is 0 Å². The molecule has 7 nitrogen and oxygen atoms in total. The topological polar surface area (TPSA) is 76.2 Å². The summed E-state index contributed by atoms with van der Waals surface area (Å²) in [7, 11) is -3.25. The van der Waals surface area contributed by atoms with Crippen LogP contribution in [0.15, 0.2) is 0 Å². The van der Waals surface area contributed by atoms with Crippen LogP contribution in [0, 0.1) is 0 Å². The Morgan fingerprint density at radius 3 is 2.65 bits per heavy atom. The lowest BCUT2D eigenvalue weighted by atomic mass is 10.0. The van der Waals surface area contributed by atoms with E-state index in [-0.39, 0.29) is 18.2 Å². The first-order valence-electron chi connectivity index (χ1n) is 6.84. The molecule has 0 aromatic carbocycles. The van der Waals surface area contributed by atoms with Crippen molar-refractivity contribution in [3.8, 4) is 0 Å². The summed E-state index contributed by atoms with van der Waals surface area (Å²) in [5, 5.41) is 0. The summed E-state index contributed by atoms with van der Waals surface area (Å²) in [4.78, 5) is 13.3. The van der Waals surface area contributed by atoms with Crippen molar-refractivity contribution in [1.82, 2.24) is 9.21 Å². The van der Waals surface area contributed by atoms with Crippen molar-refractivity contribution in [3.05, 3.63) is 0 Å². The van der Waals surface area contributed by atoms with Crippen LogP contribution in [0.4, 0.5) is 0 Å². The third kappa shape index (κ3) is 3.30. The summed E-state index contributed by atoms with van der Waals surface area (Å²) >= 11 is 0. The highest BCUT2D eigenvalue weighted by atomic mass is 32.2. The van der Waals surface area contributed by atoms with E-state index in [9.17, 15) is 13.2 Å². The Hall–Kier alpha value is -0.700. The van der Waals surface area contributed by atoms with Crippen LogP contribution in [0.25, 0.3) is 0 Å². The van der Waals surface area contributed by atoms with Crippen molar-refractivity contribution in [3.63, 3.8) is 0 Å². The Bertz CT molecular complexity index is 466. The van der Waals surface area contributed by atoms with Crippen molar-refractivity contribution >= 4 is 15.9 Å². The summed E-state index contributed by atoms with van der Waals surface area (Å²) in [6.07, 6.45) is 0. The number of amides is 1. The SMILES string of the molecule is CCS(=O)(=O)N1CCO[C@]2(COCCN(C(C)=O)C2)C1. The van der Waals surface area contributed by atoms with Crippen molar-refractivity contribution < 1.29 is 22.7 Å². The molecule has 0 N–H and O–H groups in total. The molecule has 2 aliphatic heterocycles. The van der Waals surface area contributed by atoms with Crippen LogP contribution in [0.1, 0.15) is 13.8 Å². The normalized spacial score (nSPS) is 29.4. The molecule has 1 amide bonds. The summed E-state index contributed by atoms with van der Waals surface area (Å²) < 4.78 is 36.8. The number of carbonyl (C=O) groups is 1. The number of morpholine rings is 1. The summed E-state index contributed by atoms with van der Waals surface area (Å²) in [6.45, 7) is 5.71. The molecule has 1 spiro atoms. The van der Waals surface area contributed by atoms with E-state index in [1.54, 1.807) is 11.8 Å². The van der Waals surface area contributed by atoms with Gasteiger partial charge in [-0.25, -0.2) is 8.42 Å². The molecular weight excluding hydrogens is 284 g/mol. The van der Waals surface area contributed by atoms with Crippen LogP contribution in [0.3, 0.4) is 0 Å². The van der Waals surface area contributed by atoms with E-state index >= 15 is 0 Å². The Labute approximate surface area is 119 Å². The van der Waals surface area contributed by atoms with Crippen molar-refractivity contribution in [2.75, 3.05) is 51.8 Å². The van der Waals surface area contributed by atoms with Crippen LogP contribution in [-0.2, 0) is 24.3 Å². The fourth-order valence-corrected chi connectivity index (χ4v) is 3.74. The molecule has 0 aromatic rings. The maximum Gasteiger partial charge on any atom is 0.219 e. The van der Waals surface area contributed by atoms with Crippen molar-refractivity contribution in [1.29, 1.82) is 0 Å². The number of nitrogens with zero attached hydrogens (tertiary/aromatic N) is 2. The number of rotatable bonds is 2. The van der Waals surface area contributed by atoms with Gasteiger partial charge >= 0.3 is 0 Å². The third-order valence-corrected chi connectivity index (χ3v) is 5.59. The van der Waals surface area contributed by atoms with Crippen molar-refractivity contribution in [2.24, 2.45) is 0 Å². The van der Waals surface area contributed by atoms with Gasteiger partial charge in [-0.15, -0.1) is 0 Å². The van der Waals surface area contributed by atoms with Gasteiger partial charge in [-0.2, -0.15) is 4.31 Å². The van der Waals surface area contributed by atoms with Gasteiger partial charge in [-0.3, -0.25) is 4.79 Å². The summed E-state index contributed by atoms with van der Waals surface area (Å²) in [5.41, 5.74) is -0.747. The number of sulfonamides is 1. The minimum atomic E-state index is -3.25. The molecule has 0 aliphatic carbocycles. The van der Waals surface area contributed by atoms with E-state index in [2.05, 4.69) is 0 Å². The smallest absolute Gasteiger partial charge is 0.219 e. The molecule has 0 saturated carbocycles. The highest BCUT2D eigenvalue weighted by molar-refractivity contribution is 7.89. The number of carbonyl (C=O) groups excluding carboxylic acids is 1. The van der Waals surface area contributed by atoms with E-state index in [0.29, 0.717) is 39.5 Å². The number of hydrogen-bond donors (Lipinski definition) is 0. The van der Waals surface area contributed by atoms with Gasteiger partial charge in [0.15, 0.2) is 0 Å². The van der Waals surface area contributed by atoms with Crippen molar-refractivity contribution in [2.45, 2.75) is 19.4 Å². The maximum absolute atomic E-state index is 12.0. The van der Waals surface area contributed by atoms with Crippen LogP contribution in [0.2, 0.25) is 0 Å². The van der Waals surface area contributed by atoms with Gasteiger partial charge in [0.2, 0.25) is 15.9 Å². The fourth-order valence-electron chi connectivity index (χ4n) is 2.59. The largest absolute Gasteiger partial charge is 0.376 e. The Morgan fingerprint density at radius 2 is 2.00 bits per heavy atom. The quantitative estimate of drug-likeness (QED) is 0.673. The van der Waals surface area contributed by atoms with Crippen LogP contribution >= 0.6 is 0 Å². The average Bonchev–Trinajstić information content (AvgIpc) is 2.62. The van der Waals surface area contributed by atoms with Gasteiger partial charge in [0, 0.05) is 26.6 Å². The first kappa shape index (κ1) is 15.7. The second-order valence-corrected chi connectivity index (χ2v) is 7.52. The molecule has 0 bridgehead atoms. The summed E-state index contributed by atoms with van der Waals surface area (Å²) in [6, 6.07) is 0. The van der Waals surface area contributed by atoms with E-state index in [1.165, 1.54) is 11.2 Å². The summed E-state index contributed by atoms with van der Waals surface area (Å²) in [5.74, 6) is 0.0225. The molecule has 2 saturated heterocycles. The molecule has 0 unspecified atom stereocenters. The molecule has 2 rings (SSSR count). The molecule has 2 heterocycles. The minimum Gasteiger partial charge on any atom is -0.376 e. The van der Waals surface area contributed by atoms with Crippen LogP contribution in [0.5, 0.6) is 0 Å². The van der Waals surface area contributed by atoms with E-state index in [1.807, 2.05) is 0 Å². The predicted molar refractivity (Wildman–Crippen MR) is 72.8 cm³/mol. The molecule has 8 heteroatoms. The third-order valence-electron chi connectivity index (χ3n) is 3.77. The lowest BCUT2D eigenvalue weighted by Gasteiger charge is -2.42. The number of ether oxygens (including phenoxy) is 2. The molecule has 20 heavy (non-hydrogen) atoms. The molecule has 0 aromatic heterocycles. The zero-order valence-electron chi connectivity index (χ0n) is 12.0. The van der Waals surface area contributed by atoms with Gasteiger partial charge in [0.05, 0.1) is 32.1 Å². The molecule has 2 aliphatic rings. The highest BCUT2D eigenvalue weighted by Gasteiger charge is 2.43. The Balaban J connectivity index is 2.17. The van der Waals surface area contributed by atoms with E-state index in [4.69, 9.17) is 9.47 Å². The minimum absolute atomic E-state index is 0.0473. The first-order valence-corrected chi connectivity index (χ1v) is 8.44. The lowest BCUT2D eigenvalue weighted by Crippen LogP contribution is -2.60. The lowest BCUT2D eigenvalue weighted by molar-refractivity contribution is -0.142. The zero-order valence-corrected chi connectivity index (χ0v) is 12.8. The monoisotopic (exact) mass is 306 g/mol. The van der Waals surface area contributed by atoms with Gasteiger partial charge < -0.3 is 14.4 Å². The fraction of sp³-hybridized carbons (Fsp3) is 0.917.